The Labute approximate surface area is 143 Å². The highest BCUT2D eigenvalue weighted by atomic mass is 32.2. The van der Waals surface area contributed by atoms with E-state index in [2.05, 4.69) is 10.2 Å². The molecule has 0 bridgehead atoms. The lowest BCUT2D eigenvalue weighted by Gasteiger charge is -2.17. The molecule has 6 nitrogen and oxygen atoms in total. The molecule has 1 aliphatic heterocycles. The van der Waals surface area contributed by atoms with Crippen molar-refractivity contribution in [1.29, 1.82) is 0 Å². The summed E-state index contributed by atoms with van der Waals surface area (Å²) in [6.45, 7) is 0. The number of carbonyl (C=O) groups is 2. The predicted octanol–water partition coefficient (Wildman–Crippen LogP) is 3.46. The topological polar surface area (TPSA) is 76.3 Å². The van der Waals surface area contributed by atoms with E-state index in [1.54, 1.807) is 24.3 Å². The van der Waals surface area contributed by atoms with Gasteiger partial charge in [0.15, 0.2) is 0 Å². The van der Waals surface area contributed by atoms with Crippen molar-refractivity contribution in [2.24, 2.45) is 0 Å². The number of benzene rings is 1. The van der Waals surface area contributed by atoms with Gasteiger partial charge in [-0.1, -0.05) is 31.4 Å². The second kappa shape index (κ2) is 6.39. The van der Waals surface area contributed by atoms with E-state index in [9.17, 15) is 9.59 Å². The van der Waals surface area contributed by atoms with Crippen LogP contribution in [0.2, 0.25) is 0 Å². The van der Waals surface area contributed by atoms with Gasteiger partial charge in [-0.05, 0) is 36.7 Å². The third-order valence-electron chi connectivity index (χ3n) is 4.57. The summed E-state index contributed by atoms with van der Waals surface area (Å²) in [5.41, 5.74) is 0.910. The third-order valence-corrected chi connectivity index (χ3v) is 5.37. The maximum absolute atomic E-state index is 12.3. The molecule has 1 aliphatic carbocycles. The van der Waals surface area contributed by atoms with Crippen molar-refractivity contribution in [1.82, 2.24) is 15.1 Å². The maximum atomic E-state index is 12.3. The van der Waals surface area contributed by atoms with E-state index >= 15 is 0 Å². The average Bonchev–Trinajstić information content (AvgIpc) is 3.19. The molecule has 2 aliphatic rings. The second-order valence-electron chi connectivity index (χ2n) is 6.10. The van der Waals surface area contributed by atoms with Crippen molar-refractivity contribution in [3.05, 3.63) is 41.3 Å². The van der Waals surface area contributed by atoms with Crippen LogP contribution in [0.1, 0.15) is 64.6 Å². The van der Waals surface area contributed by atoms with Gasteiger partial charge in [0.25, 0.3) is 17.0 Å². The quantitative estimate of drug-likeness (QED) is 0.625. The van der Waals surface area contributed by atoms with Gasteiger partial charge < -0.3 is 4.42 Å². The van der Waals surface area contributed by atoms with Gasteiger partial charge >= 0.3 is 0 Å². The molecule has 0 saturated heterocycles. The highest BCUT2D eigenvalue weighted by Crippen LogP contribution is 2.33. The van der Waals surface area contributed by atoms with Crippen molar-refractivity contribution in [2.75, 3.05) is 5.88 Å². The molecule has 7 heteroatoms. The zero-order valence-electron chi connectivity index (χ0n) is 13.1. The highest BCUT2D eigenvalue weighted by Gasteiger charge is 2.35. The van der Waals surface area contributed by atoms with E-state index in [1.165, 1.54) is 35.9 Å². The molecule has 0 atom stereocenters. The lowest BCUT2D eigenvalue weighted by Crippen LogP contribution is -2.29. The number of rotatable bonds is 4. The maximum Gasteiger partial charge on any atom is 0.278 e. The lowest BCUT2D eigenvalue weighted by atomic mass is 9.89. The van der Waals surface area contributed by atoms with E-state index in [-0.39, 0.29) is 17.7 Å². The van der Waals surface area contributed by atoms with E-state index in [0.717, 1.165) is 12.8 Å². The summed E-state index contributed by atoms with van der Waals surface area (Å²) in [5, 5.41) is 8.59. The van der Waals surface area contributed by atoms with E-state index in [4.69, 9.17) is 4.42 Å². The summed E-state index contributed by atoms with van der Waals surface area (Å²) >= 11 is 1.22. The molecule has 1 fully saturated rings. The first-order chi connectivity index (χ1) is 11.7. The summed E-state index contributed by atoms with van der Waals surface area (Å²) in [4.78, 5) is 25.8. The number of amides is 2. The second-order valence-corrected chi connectivity index (χ2v) is 6.99. The van der Waals surface area contributed by atoms with Gasteiger partial charge in [0, 0.05) is 5.92 Å². The van der Waals surface area contributed by atoms with Crippen LogP contribution in [0, 0.1) is 0 Å². The molecule has 0 N–H and O–H groups in total. The third kappa shape index (κ3) is 2.73. The minimum Gasteiger partial charge on any atom is -0.416 e. The smallest absolute Gasteiger partial charge is 0.278 e. The predicted molar refractivity (Wildman–Crippen MR) is 87.8 cm³/mol. The molecule has 0 spiro atoms. The minimum absolute atomic E-state index is 0.179. The van der Waals surface area contributed by atoms with Crippen molar-refractivity contribution >= 4 is 23.6 Å². The number of aromatic nitrogens is 2. The molecule has 1 aromatic heterocycles. The van der Waals surface area contributed by atoms with Gasteiger partial charge in [-0.15, -0.1) is 10.2 Å². The van der Waals surface area contributed by atoms with Crippen LogP contribution >= 0.6 is 11.8 Å². The van der Waals surface area contributed by atoms with Crippen LogP contribution in [-0.4, -0.2) is 32.8 Å². The van der Waals surface area contributed by atoms with E-state index in [1.807, 2.05) is 0 Å². The van der Waals surface area contributed by atoms with Gasteiger partial charge in [0.2, 0.25) is 5.89 Å². The van der Waals surface area contributed by atoms with Crippen LogP contribution in [-0.2, 0) is 0 Å². The van der Waals surface area contributed by atoms with Crippen molar-refractivity contribution in [2.45, 2.75) is 43.2 Å². The van der Waals surface area contributed by atoms with Crippen LogP contribution in [0.5, 0.6) is 0 Å². The molecule has 0 radical (unpaired) electrons. The first kappa shape index (κ1) is 15.4. The summed E-state index contributed by atoms with van der Waals surface area (Å²) < 4.78 is 5.72. The Morgan fingerprint density at radius 2 is 1.71 bits per heavy atom. The first-order valence-electron chi connectivity index (χ1n) is 8.15. The zero-order chi connectivity index (χ0) is 16.5. The Balaban J connectivity index is 1.42. The molecular formula is C17H17N3O3S. The average molecular weight is 343 g/mol. The Morgan fingerprint density at radius 1 is 1.04 bits per heavy atom. The van der Waals surface area contributed by atoms with Crippen LogP contribution < -0.4 is 0 Å². The molecule has 2 heterocycles. The first-order valence-corrected chi connectivity index (χ1v) is 9.14. The number of hydrogen-bond acceptors (Lipinski definition) is 6. The molecule has 124 valence electrons. The van der Waals surface area contributed by atoms with E-state index < -0.39 is 0 Å². The zero-order valence-corrected chi connectivity index (χ0v) is 13.9. The molecule has 0 unspecified atom stereocenters. The SMILES string of the molecule is O=C1c2ccccc2C(=O)N1CSc1nnc(C2CCCCC2)o1. The summed E-state index contributed by atoms with van der Waals surface area (Å²) in [7, 11) is 0. The molecular weight excluding hydrogens is 326 g/mol. The number of carbonyl (C=O) groups excluding carboxylic acids is 2. The molecule has 2 aromatic rings. The minimum atomic E-state index is -0.268. The van der Waals surface area contributed by atoms with Gasteiger partial charge in [-0.25, -0.2) is 0 Å². The fourth-order valence-corrected chi connectivity index (χ4v) is 3.99. The van der Waals surface area contributed by atoms with Gasteiger partial charge in [-0.2, -0.15) is 0 Å². The van der Waals surface area contributed by atoms with Gasteiger partial charge in [0.1, 0.15) is 0 Å². The van der Waals surface area contributed by atoms with Crippen molar-refractivity contribution in [3.8, 4) is 0 Å². The van der Waals surface area contributed by atoms with Crippen LogP contribution in [0.3, 0.4) is 0 Å². The fourth-order valence-electron chi connectivity index (χ4n) is 3.27. The molecule has 1 aromatic carbocycles. The molecule has 1 saturated carbocycles. The molecule has 24 heavy (non-hydrogen) atoms. The lowest BCUT2D eigenvalue weighted by molar-refractivity contribution is 0.0684. The molecule has 2 amide bonds. The van der Waals surface area contributed by atoms with Crippen molar-refractivity contribution < 1.29 is 14.0 Å². The van der Waals surface area contributed by atoms with Crippen LogP contribution in [0.15, 0.2) is 33.9 Å². The monoisotopic (exact) mass is 343 g/mol. The normalized spacial score (nSPS) is 18.2. The Bertz CT molecular complexity index is 748. The molecule has 4 rings (SSSR count). The number of thioether (sulfide) groups is 1. The van der Waals surface area contributed by atoms with Crippen LogP contribution in [0.25, 0.3) is 0 Å². The van der Waals surface area contributed by atoms with Gasteiger partial charge in [0.05, 0.1) is 17.0 Å². The Hall–Kier alpha value is -2.15. The van der Waals surface area contributed by atoms with E-state index in [0.29, 0.717) is 28.2 Å². The summed E-state index contributed by atoms with van der Waals surface area (Å²) in [6, 6.07) is 6.87. The summed E-state index contributed by atoms with van der Waals surface area (Å²) in [6.07, 6.45) is 5.84. The largest absolute Gasteiger partial charge is 0.416 e. The fraction of sp³-hybridized carbons (Fsp3) is 0.412. The number of fused-ring (bicyclic) bond motifs is 1. The van der Waals surface area contributed by atoms with Crippen molar-refractivity contribution in [3.63, 3.8) is 0 Å². The standard InChI is InChI=1S/C17H17N3O3S/c21-15-12-8-4-5-9-13(12)16(22)20(15)10-24-17-19-18-14(23-17)11-6-2-1-3-7-11/h4-5,8-9,11H,1-3,6-7,10H2. The number of imide groups is 1. The van der Waals surface area contributed by atoms with Crippen LogP contribution in [0.4, 0.5) is 0 Å². The number of nitrogens with zero attached hydrogens (tertiary/aromatic N) is 3. The summed E-state index contributed by atoms with van der Waals surface area (Å²) in [5.74, 6) is 0.670. The Kier molecular flexibility index (Phi) is 4.10. The van der Waals surface area contributed by atoms with Gasteiger partial charge in [-0.3, -0.25) is 14.5 Å². The Morgan fingerprint density at radius 3 is 2.38 bits per heavy atom. The number of hydrogen-bond donors (Lipinski definition) is 0. The highest BCUT2D eigenvalue weighted by molar-refractivity contribution is 7.99.